The Balaban J connectivity index is 0.00000208. The molecule has 0 bridgehead atoms. The third-order valence-corrected chi connectivity index (χ3v) is 4.19. The van der Waals surface area contributed by atoms with Gasteiger partial charge in [-0.2, -0.15) is 0 Å². The molecule has 0 heterocycles. The number of aryl methyl sites for hydroxylation is 1. The van der Waals surface area contributed by atoms with Crippen LogP contribution in [0.2, 0.25) is 0 Å². The van der Waals surface area contributed by atoms with Crippen molar-refractivity contribution in [1.29, 1.82) is 0 Å². The number of amides is 1. The molecule has 3 rings (SSSR count). The highest BCUT2D eigenvalue weighted by Crippen LogP contribution is 2.31. The van der Waals surface area contributed by atoms with Crippen LogP contribution >= 0.6 is 12.4 Å². The predicted octanol–water partition coefficient (Wildman–Crippen LogP) is 3.90. The minimum atomic E-state index is -0.0683. The van der Waals surface area contributed by atoms with E-state index in [2.05, 4.69) is 5.32 Å². The van der Waals surface area contributed by atoms with E-state index < -0.39 is 0 Å². The Labute approximate surface area is 148 Å². The van der Waals surface area contributed by atoms with Crippen LogP contribution in [0.4, 0.5) is 5.69 Å². The highest BCUT2D eigenvalue weighted by molar-refractivity contribution is 5.94. The van der Waals surface area contributed by atoms with Crippen molar-refractivity contribution < 1.29 is 9.53 Å². The molecule has 3 N–H and O–H groups in total. The molecule has 0 spiro atoms. The lowest BCUT2D eigenvalue weighted by atomic mass is 9.87. The summed E-state index contributed by atoms with van der Waals surface area (Å²) in [6, 6.07) is 13.3. The van der Waals surface area contributed by atoms with Gasteiger partial charge < -0.3 is 15.8 Å². The normalized spacial score (nSPS) is 15.8. The maximum atomic E-state index is 12.6. The Morgan fingerprint density at radius 1 is 1.29 bits per heavy atom. The van der Waals surface area contributed by atoms with Crippen LogP contribution < -0.4 is 15.8 Å². The summed E-state index contributed by atoms with van der Waals surface area (Å²) >= 11 is 0. The van der Waals surface area contributed by atoms with E-state index in [0.717, 1.165) is 30.7 Å². The molecule has 1 aliphatic rings. The molecule has 0 aliphatic heterocycles. The smallest absolute Gasteiger partial charge is 0.251 e. The van der Waals surface area contributed by atoms with Crippen LogP contribution in [-0.4, -0.2) is 12.5 Å². The molecule has 2 aromatic carbocycles. The van der Waals surface area contributed by atoms with Crippen molar-refractivity contribution in [3.8, 4) is 5.75 Å². The summed E-state index contributed by atoms with van der Waals surface area (Å²) in [5.74, 6) is 0.651. The molecule has 1 amide bonds. The summed E-state index contributed by atoms with van der Waals surface area (Å²) in [4.78, 5) is 12.6. The monoisotopic (exact) mass is 346 g/mol. The van der Waals surface area contributed by atoms with Gasteiger partial charge in [-0.15, -0.1) is 12.4 Å². The molecule has 0 fully saturated rings. The van der Waals surface area contributed by atoms with Crippen molar-refractivity contribution in [1.82, 2.24) is 5.32 Å². The van der Waals surface area contributed by atoms with Crippen molar-refractivity contribution >= 4 is 24.0 Å². The lowest BCUT2D eigenvalue weighted by Gasteiger charge is -2.26. The highest BCUT2D eigenvalue weighted by Gasteiger charge is 2.22. The highest BCUT2D eigenvalue weighted by atomic mass is 35.5. The van der Waals surface area contributed by atoms with Gasteiger partial charge in [0.1, 0.15) is 5.75 Å². The predicted molar refractivity (Wildman–Crippen MR) is 98.9 cm³/mol. The summed E-state index contributed by atoms with van der Waals surface area (Å²) in [6.07, 6.45) is 3.03. The van der Waals surface area contributed by atoms with E-state index in [-0.39, 0.29) is 24.4 Å². The van der Waals surface area contributed by atoms with Gasteiger partial charge >= 0.3 is 0 Å². The van der Waals surface area contributed by atoms with Gasteiger partial charge in [-0.1, -0.05) is 12.1 Å². The Hall–Kier alpha value is -2.20. The molecule has 1 unspecified atom stereocenters. The topological polar surface area (TPSA) is 64.3 Å². The van der Waals surface area contributed by atoms with Crippen LogP contribution in [0.15, 0.2) is 42.5 Å². The number of fused-ring (bicyclic) bond motifs is 1. The number of carbonyl (C=O) groups is 1. The lowest BCUT2D eigenvalue weighted by molar-refractivity contribution is 0.0932. The fourth-order valence-electron chi connectivity index (χ4n) is 3.12. The fraction of sp³-hybridized carbons (Fsp3) is 0.316. The van der Waals surface area contributed by atoms with E-state index in [1.54, 1.807) is 6.07 Å². The molecule has 1 aliphatic carbocycles. The van der Waals surface area contributed by atoms with Crippen molar-refractivity contribution in [3.63, 3.8) is 0 Å². The molecule has 1 atom stereocenters. The summed E-state index contributed by atoms with van der Waals surface area (Å²) in [7, 11) is 0. The third-order valence-electron chi connectivity index (χ3n) is 4.19. The van der Waals surface area contributed by atoms with Crippen molar-refractivity contribution in [2.24, 2.45) is 0 Å². The zero-order valence-corrected chi connectivity index (χ0v) is 14.6. The van der Waals surface area contributed by atoms with Crippen LogP contribution in [0, 0.1) is 0 Å². The minimum absolute atomic E-state index is 0. The molecular weight excluding hydrogens is 324 g/mol. The van der Waals surface area contributed by atoms with Gasteiger partial charge in [-0.05, 0) is 67.6 Å². The largest absolute Gasteiger partial charge is 0.494 e. The summed E-state index contributed by atoms with van der Waals surface area (Å²) < 4.78 is 5.46. The van der Waals surface area contributed by atoms with Gasteiger partial charge in [0.25, 0.3) is 5.91 Å². The number of nitrogens with one attached hydrogen (secondary N) is 1. The molecular formula is C19H23ClN2O2. The van der Waals surface area contributed by atoms with Gasteiger partial charge in [0, 0.05) is 11.3 Å². The van der Waals surface area contributed by atoms with Crippen molar-refractivity contribution in [2.75, 3.05) is 12.3 Å². The molecule has 0 radical (unpaired) electrons. The first-order valence-corrected chi connectivity index (χ1v) is 8.09. The van der Waals surface area contributed by atoms with Gasteiger partial charge in [0.15, 0.2) is 0 Å². The molecule has 2 aromatic rings. The van der Waals surface area contributed by atoms with Crippen LogP contribution in [0.25, 0.3) is 0 Å². The van der Waals surface area contributed by atoms with Crippen molar-refractivity contribution in [2.45, 2.75) is 32.2 Å². The van der Waals surface area contributed by atoms with Gasteiger partial charge in [0.2, 0.25) is 0 Å². The third kappa shape index (κ3) is 4.01. The van der Waals surface area contributed by atoms with E-state index in [9.17, 15) is 4.79 Å². The van der Waals surface area contributed by atoms with E-state index in [0.29, 0.717) is 12.2 Å². The molecule has 0 saturated heterocycles. The number of nitrogen functional groups attached to an aromatic ring is 1. The number of rotatable bonds is 4. The van der Waals surface area contributed by atoms with E-state index in [1.807, 2.05) is 43.3 Å². The molecule has 0 aromatic heterocycles. The van der Waals surface area contributed by atoms with E-state index in [4.69, 9.17) is 10.5 Å². The molecule has 5 heteroatoms. The summed E-state index contributed by atoms with van der Waals surface area (Å²) in [5, 5.41) is 3.14. The van der Waals surface area contributed by atoms with Gasteiger partial charge in [-0.3, -0.25) is 4.79 Å². The number of benzene rings is 2. The number of hydrogen-bond acceptors (Lipinski definition) is 3. The number of halogens is 1. The Bertz CT molecular complexity index is 718. The summed E-state index contributed by atoms with van der Waals surface area (Å²) in [6.45, 7) is 2.51. The maximum Gasteiger partial charge on any atom is 0.251 e. The lowest BCUT2D eigenvalue weighted by Crippen LogP contribution is -2.31. The second kappa shape index (κ2) is 8.06. The van der Waals surface area contributed by atoms with Crippen molar-refractivity contribution in [3.05, 3.63) is 59.2 Å². The van der Waals surface area contributed by atoms with E-state index in [1.165, 1.54) is 11.1 Å². The molecule has 24 heavy (non-hydrogen) atoms. The Morgan fingerprint density at radius 3 is 2.92 bits per heavy atom. The summed E-state index contributed by atoms with van der Waals surface area (Å²) in [5.41, 5.74) is 9.69. The minimum Gasteiger partial charge on any atom is -0.494 e. The average Bonchev–Trinajstić information content (AvgIpc) is 2.55. The fourth-order valence-corrected chi connectivity index (χ4v) is 3.12. The first-order chi connectivity index (χ1) is 11.2. The van der Waals surface area contributed by atoms with Crippen LogP contribution in [-0.2, 0) is 6.42 Å². The first kappa shape index (κ1) is 18.1. The first-order valence-electron chi connectivity index (χ1n) is 8.09. The van der Waals surface area contributed by atoms with Crippen LogP contribution in [0.5, 0.6) is 5.75 Å². The van der Waals surface area contributed by atoms with Gasteiger partial charge in [0.05, 0.1) is 12.6 Å². The maximum absolute atomic E-state index is 12.6. The quantitative estimate of drug-likeness (QED) is 0.825. The number of carbonyl (C=O) groups excluding carboxylic acids is 1. The van der Waals surface area contributed by atoms with E-state index >= 15 is 0 Å². The molecule has 4 nitrogen and oxygen atoms in total. The van der Waals surface area contributed by atoms with Crippen LogP contribution in [0.1, 0.15) is 47.3 Å². The van der Waals surface area contributed by atoms with Crippen LogP contribution in [0.3, 0.4) is 0 Å². The number of ether oxygens (including phenoxy) is 1. The number of nitrogens with two attached hydrogens (primary N) is 1. The standard InChI is InChI=1S/C19H22N2O2.ClH/c1-2-23-16-7-3-6-14(12-16)19(22)21-18-8-4-5-13-11-15(20)9-10-17(13)18;/h3,6-7,9-12,18H,2,4-5,8,20H2,1H3,(H,21,22);1H. The SMILES string of the molecule is CCOc1cccc(C(=O)NC2CCCc3cc(N)ccc32)c1.Cl. The second-order valence-corrected chi connectivity index (χ2v) is 5.84. The second-order valence-electron chi connectivity index (χ2n) is 5.84. The number of anilines is 1. The molecule has 0 saturated carbocycles. The average molecular weight is 347 g/mol. The molecule has 128 valence electrons. The Morgan fingerprint density at radius 2 is 2.12 bits per heavy atom. The zero-order chi connectivity index (χ0) is 16.2. The zero-order valence-electron chi connectivity index (χ0n) is 13.7. The van der Waals surface area contributed by atoms with Gasteiger partial charge in [-0.25, -0.2) is 0 Å². The number of hydrogen-bond donors (Lipinski definition) is 2. The Kier molecular flexibility index (Phi) is 6.10.